The highest BCUT2D eigenvalue weighted by atomic mass is 16.5. The van der Waals surface area contributed by atoms with Crippen molar-refractivity contribution in [2.75, 3.05) is 19.0 Å². The number of hydrogen-bond acceptors (Lipinski definition) is 4. The molecule has 6 nitrogen and oxygen atoms in total. The Bertz CT molecular complexity index is 664. The van der Waals surface area contributed by atoms with E-state index < -0.39 is 0 Å². The molecule has 2 aromatic rings. The number of carbonyl (C=O) groups excluding carboxylic acids is 2. The lowest BCUT2D eigenvalue weighted by atomic mass is 10.1. The number of methoxy groups -OCH3 is 1. The normalized spacial score (nSPS) is 10.1. The predicted octanol–water partition coefficient (Wildman–Crippen LogP) is 2.22. The van der Waals surface area contributed by atoms with Gasteiger partial charge in [-0.25, -0.2) is 0 Å². The molecule has 116 valence electrons. The molecule has 22 heavy (non-hydrogen) atoms. The molecule has 0 aliphatic carbocycles. The van der Waals surface area contributed by atoms with Gasteiger partial charge in [0.2, 0.25) is 5.91 Å². The van der Waals surface area contributed by atoms with E-state index in [1.165, 1.54) is 13.0 Å². The Labute approximate surface area is 128 Å². The first-order valence-electron chi connectivity index (χ1n) is 6.87. The minimum absolute atomic E-state index is 0.161. The molecule has 0 radical (unpaired) electrons. The summed E-state index contributed by atoms with van der Waals surface area (Å²) in [6.07, 6.45) is 0.683. The van der Waals surface area contributed by atoms with E-state index in [-0.39, 0.29) is 23.5 Å². The molecule has 2 amide bonds. The smallest absolute Gasteiger partial charge is 0.287 e. The average Bonchev–Trinajstić information content (AvgIpc) is 2.95. The van der Waals surface area contributed by atoms with E-state index in [4.69, 9.17) is 9.15 Å². The van der Waals surface area contributed by atoms with Crippen LogP contribution >= 0.6 is 0 Å². The van der Waals surface area contributed by atoms with Gasteiger partial charge in [0.15, 0.2) is 11.6 Å². The third kappa shape index (κ3) is 4.37. The van der Waals surface area contributed by atoms with Crippen LogP contribution in [0.4, 0.5) is 5.88 Å². The van der Waals surface area contributed by atoms with Gasteiger partial charge in [0.05, 0.1) is 7.11 Å². The fourth-order valence-corrected chi connectivity index (χ4v) is 1.94. The van der Waals surface area contributed by atoms with E-state index in [9.17, 15) is 9.59 Å². The Morgan fingerprint density at radius 2 is 2.05 bits per heavy atom. The second-order valence-corrected chi connectivity index (χ2v) is 4.70. The molecular weight excluding hydrogens is 284 g/mol. The van der Waals surface area contributed by atoms with Crippen molar-refractivity contribution < 1.29 is 18.7 Å². The predicted molar refractivity (Wildman–Crippen MR) is 82.0 cm³/mol. The number of amides is 2. The molecule has 0 fully saturated rings. The van der Waals surface area contributed by atoms with E-state index in [2.05, 4.69) is 10.6 Å². The largest absolute Gasteiger partial charge is 0.497 e. The van der Waals surface area contributed by atoms with Gasteiger partial charge in [0.25, 0.3) is 5.91 Å². The number of ether oxygens (including phenoxy) is 1. The lowest BCUT2D eigenvalue weighted by molar-refractivity contribution is -0.114. The Hall–Kier alpha value is -2.76. The Kier molecular flexibility index (Phi) is 5.19. The maximum Gasteiger partial charge on any atom is 0.287 e. The molecule has 0 aliphatic heterocycles. The monoisotopic (exact) mass is 302 g/mol. The van der Waals surface area contributed by atoms with Gasteiger partial charge in [-0.1, -0.05) is 12.1 Å². The first kappa shape index (κ1) is 15.6. The number of anilines is 1. The number of nitrogens with one attached hydrogen (secondary N) is 2. The molecule has 0 unspecified atom stereocenters. The summed E-state index contributed by atoms with van der Waals surface area (Å²) in [5, 5.41) is 5.24. The van der Waals surface area contributed by atoms with Crippen LogP contribution in [0.25, 0.3) is 0 Å². The molecule has 0 saturated carbocycles. The first-order chi connectivity index (χ1) is 10.6. The van der Waals surface area contributed by atoms with E-state index in [1.807, 2.05) is 24.3 Å². The molecule has 1 aromatic carbocycles. The van der Waals surface area contributed by atoms with Crippen molar-refractivity contribution in [2.45, 2.75) is 13.3 Å². The molecule has 2 N–H and O–H groups in total. The highest BCUT2D eigenvalue weighted by Crippen LogP contribution is 2.14. The summed E-state index contributed by atoms with van der Waals surface area (Å²) in [7, 11) is 1.62. The maximum atomic E-state index is 11.9. The van der Waals surface area contributed by atoms with Crippen LogP contribution in [0, 0.1) is 0 Å². The zero-order chi connectivity index (χ0) is 15.9. The average molecular weight is 302 g/mol. The van der Waals surface area contributed by atoms with Crippen molar-refractivity contribution in [2.24, 2.45) is 0 Å². The Balaban J connectivity index is 1.84. The standard InChI is InChI=1S/C16H18N2O4/c1-11(19)18-15-7-6-14(22-15)16(20)17-9-8-12-4-3-5-13(10-12)21-2/h3-7,10H,8-9H2,1-2H3,(H,17,20)(H,18,19). The van der Waals surface area contributed by atoms with E-state index >= 15 is 0 Å². The molecule has 0 atom stereocenters. The summed E-state index contributed by atoms with van der Waals surface area (Å²) >= 11 is 0. The maximum absolute atomic E-state index is 11.9. The molecule has 0 spiro atoms. The minimum Gasteiger partial charge on any atom is -0.497 e. The second kappa shape index (κ2) is 7.31. The van der Waals surface area contributed by atoms with Gasteiger partial charge >= 0.3 is 0 Å². The van der Waals surface area contributed by atoms with Crippen molar-refractivity contribution >= 4 is 17.7 Å². The van der Waals surface area contributed by atoms with E-state index in [0.717, 1.165) is 11.3 Å². The number of furan rings is 1. The zero-order valence-corrected chi connectivity index (χ0v) is 12.5. The summed E-state index contributed by atoms with van der Waals surface area (Å²) in [5.41, 5.74) is 1.07. The van der Waals surface area contributed by atoms with Gasteiger partial charge in [-0.2, -0.15) is 0 Å². The molecule has 1 aromatic heterocycles. The molecule has 0 saturated heterocycles. The summed E-state index contributed by atoms with van der Waals surface area (Å²) < 4.78 is 10.4. The summed E-state index contributed by atoms with van der Waals surface area (Å²) in [5.74, 6) is 0.633. The van der Waals surface area contributed by atoms with Crippen molar-refractivity contribution in [3.8, 4) is 5.75 Å². The highest BCUT2D eigenvalue weighted by Gasteiger charge is 2.11. The fraction of sp³-hybridized carbons (Fsp3) is 0.250. The third-order valence-corrected chi connectivity index (χ3v) is 2.96. The molecule has 0 aliphatic rings. The number of benzene rings is 1. The van der Waals surface area contributed by atoms with Crippen LogP contribution in [-0.2, 0) is 11.2 Å². The Morgan fingerprint density at radius 1 is 1.23 bits per heavy atom. The first-order valence-corrected chi connectivity index (χ1v) is 6.87. The van der Waals surface area contributed by atoms with Crippen LogP contribution in [0.1, 0.15) is 23.0 Å². The van der Waals surface area contributed by atoms with Crippen LogP contribution in [0.5, 0.6) is 5.75 Å². The third-order valence-electron chi connectivity index (χ3n) is 2.96. The quantitative estimate of drug-likeness (QED) is 0.857. The summed E-state index contributed by atoms with van der Waals surface area (Å²) in [6.45, 7) is 1.85. The Morgan fingerprint density at radius 3 is 2.77 bits per heavy atom. The number of rotatable bonds is 6. The van der Waals surface area contributed by atoms with Gasteiger partial charge in [-0.15, -0.1) is 0 Å². The van der Waals surface area contributed by atoms with Crippen molar-refractivity contribution in [1.82, 2.24) is 5.32 Å². The van der Waals surface area contributed by atoms with Gasteiger partial charge in [0, 0.05) is 19.5 Å². The van der Waals surface area contributed by atoms with Crippen LogP contribution in [0.15, 0.2) is 40.8 Å². The van der Waals surface area contributed by atoms with E-state index in [0.29, 0.717) is 13.0 Å². The van der Waals surface area contributed by atoms with Crippen LogP contribution in [0.2, 0.25) is 0 Å². The topological polar surface area (TPSA) is 80.6 Å². The molecule has 0 bridgehead atoms. The summed E-state index contributed by atoms with van der Waals surface area (Å²) in [4.78, 5) is 22.8. The fourth-order valence-electron chi connectivity index (χ4n) is 1.94. The lowest BCUT2D eigenvalue weighted by Crippen LogP contribution is -2.25. The van der Waals surface area contributed by atoms with Crippen molar-refractivity contribution in [3.05, 3.63) is 47.7 Å². The molecular formula is C16H18N2O4. The van der Waals surface area contributed by atoms with Crippen LogP contribution in [0.3, 0.4) is 0 Å². The highest BCUT2D eigenvalue weighted by molar-refractivity contribution is 5.93. The SMILES string of the molecule is COc1cccc(CCNC(=O)c2ccc(NC(C)=O)o2)c1. The van der Waals surface area contributed by atoms with Crippen LogP contribution < -0.4 is 15.4 Å². The zero-order valence-electron chi connectivity index (χ0n) is 12.5. The van der Waals surface area contributed by atoms with E-state index in [1.54, 1.807) is 13.2 Å². The van der Waals surface area contributed by atoms with Crippen LogP contribution in [-0.4, -0.2) is 25.5 Å². The lowest BCUT2D eigenvalue weighted by Gasteiger charge is -2.05. The second-order valence-electron chi connectivity index (χ2n) is 4.70. The van der Waals surface area contributed by atoms with Gasteiger partial charge < -0.3 is 14.5 Å². The summed E-state index contributed by atoms with van der Waals surface area (Å²) in [6, 6.07) is 10.7. The van der Waals surface area contributed by atoms with Gasteiger partial charge in [-0.3, -0.25) is 14.9 Å². The van der Waals surface area contributed by atoms with Gasteiger partial charge in [-0.05, 0) is 30.2 Å². The number of hydrogen-bond donors (Lipinski definition) is 2. The molecule has 2 rings (SSSR count). The van der Waals surface area contributed by atoms with Crippen molar-refractivity contribution in [3.63, 3.8) is 0 Å². The molecule has 6 heteroatoms. The van der Waals surface area contributed by atoms with Gasteiger partial charge in [0.1, 0.15) is 5.75 Å². The van der Waals surface area contributed by atoms with Crippen molar-refractivity contribution in [1.29, 1.82) is 0 Å². The molecule has 1 heterocycles. The number of carbonyl (C=O) groups is 2. The minimum atomic E-state index is -0.320.